The monoisotopic (exact) mass is 428 g/mol. The largest absolute Gasteiger partial charge is 0.306 e. The first kappa shape index (κ1) is 17.6. The lowest BCUT2D eigenvalue weighted by atomic mass is 9.70. The van der Waals surface area contributed by atoms with Crippen LogP contribution in [-0.2, 0) is 10.2 Å². The second-order valence-electron chi connectivity index (χ2n) is 9.55. The van der Waals surface area contributed by atoms with E-state index in [-0.39, 0.29) is 11.9 Å². The summed E-state index contributed by atoms with van der Waals surface area (Å²) in [4.78, 5) is 22.1. The molecule has 0 radical (unpaired) electrons. The number of piperidine rings is 1. The second-order valence-corrected chi connectivity index (χ2v) is 10.5. The Hall–Kier alpha value is -1.45. The molecule has 3 fully saturated rings. The van der Waals surface area contributed by atoms with Crippen molar-refractivity contribution in [1.82, 2.24) is 9.88 Å². The Morgan fingerprint density at radius 1 is 1.30 bits per heavy atom. The van der Waals surface area contributed by atoms with Crippen molar-refractivity contribution in [1.29, 1.82) is 5.26 Å². The summed E-state index contributed by atoms with van der Waals surface area (Å²) in [5.41, 5.74) is 1.26. The van der Waals surface area contributed by atoms with E-state index in [4.69, 9.17) is 0 Å². The zero-order chi connectivity index (χ0) is 19.0. The molecule has 27 heavy (non-hydrogen) atoms. The summed E-state index contributed by atoms with van der Waals surface area (Å²) >= 11 is 3.50. The highest BCUT2D eigenvalue weighted by atomic mass is 79.9. The lowest BCUT2D eigenvalue weighted by molar-refractivity contribution is -0.123. The summed E-state index contributed by atoms with van der Waals surface area (Å²) in [7, 11) is 0. The van der Waals surface area contributed by atoms with Gasteiger partial charge in [0.15, 0.2) is 0 Å². The number of fused-ring (bicyclic) bond motifs is 1. The van der Waals surface area contributed by atoms with Crippen LogP contribution in [-0.4, -0.2) is 40.5 Å². The average Bonchev–Trinajstić information content (AvgIpc) is 3.31. The minimum absolute atomic E-state index is 0.0888. The Morgan fingerprint density at radius 2 is 2.04 bits per heavy atom. The average molecular weight is 429 g/mol. The van der Waals surface area contributed by atoms with E-state index in [2.05, 4.69) is 31.9 Å². The van der Waals surface area contributed by atoms with Crippen molar-refractivity contribution in [2.75, 3.05) is 18.0 Å². The van der Waals surface area contributed by atoms with Gasteiger partial charge in [-0.1, -0.05) is 0 Å². The van der Waals surface area contributed by atoms with Crippen molar-refractivity contribution in [3.63, 3.8) is 0 Å². The van der Waals surface area contributed by atoms with E-state index in [1.165, 1.54) is 25.7 Å². The van der Waals surface area contributed by atoms with Gasteiger partial charge in [-0.2, -0.15) is 5.26 Å². The van der Waals surface area contributed by atoms with Gasteiger partial charge in [-0.15, -0.1) is 0 Å². The standard InChI is InChI=1S/C21H25BrN4O/c1-19(2)17-16(8-14(22)11-24-17)26(18(19)27)15-9-21(10-15,12-23)25-7-3-4-20(13-25)5-6-20/h8,11,15H,3-7,9-10,13H2,1-2H3. The first-order chi connectivity index (χ1) is 12.8. The molecular weight excluding hydrogens is 404 g/mol. The molecule has 0 unspecified atom stereocenters. The maximum Gasteiger partial charge on any atom is 0.239 e. The Balaban J connectivity index is 1.41. The van der Waals surface area contributed by atoms with Crippen molar-refractivity contribution in [3.05, 3.63) is 22.4 Å². The smallest absolute Gasteiger partial charge is 0.239 e. The Labute approximate surface area is 168 Å². The van der Waals surface area contributed by atoms with Crippen LogP contribution in [0, 0.1) is 16.7 Å². The molecule has 2 aliphatic carbocycles. The third kappa shape index (κ3) is 2.44. The third-order valence-electron chi connectivity index (χ3n) is 7.38. The molecule has 0 aromatic carbocycles. The van der Waals surface area contributed by atoms with Gasteiger partial charge in [0.25, 0.3) is 0 Å². The number of likely N-dealkylation sites (tertiary alicyclic amines) is 1. The summed E-state index contributed by atoms with van der Waals surface area (Å²) in [5.74, 6) is 0.108. The van der Waals surface area contributed by atoms with Crippen LogP contribution in [0.5, 0.6) is 0 Å². The van der Waals surface area contributed by atoms with Gasteiger partial charge in [-0.3, -0.25) is 14.7 Å². The summed E-state index contributed by atoms with van der Waals surface area (Å²) in [5, 5.41) is 10.0. The molecule has 1 spiro atoms. The molecule has 2 aliphatic heterocycles. The minimum Gasteiger partial charge on any atom is -0.306 e. The number of hydrogen-bond acceptors (Lipinski definition) is 4. The third-order valence-corrected chi connectivity index (χ3v) is 7.82. The van der Waals surface area contributed by atoms with Crippen molar-refractivity contribution < 1.29 is 4.79 Å². The molecule has 1 saturated heterocycles. The highest BCUT2D eigenvalue weighted by Gasteiger charge is 2.59. The molecule has 4 aliphatic rings. The predicted octanol–water partition coefficient (Wildman–Crippen LogP) is 3.77. The van der Waals surface area contributed by atoms with Crippen LogP contribution in [0.3, 0.4) is 0 Å². The van der Waals surface area contributed by atoms with Gasteiger partial charge in [-0.25, -0.2) is 0 Å². The first-order valence-electron chi connectivity index (χ1n) is 9.96. The molecule has 1 aromatic rings. The molecule has 0 N–H and O–H groups in total. The zero-order valence-electron chi connectivity index (χ0n) is 16.0. The van der Waals surface area contributed by atoms with E-state index in [0.717, 1.165) is 41.8 Å². The molecular formula is C21H25BrN4O. The second kappa shape index (κ2) is 5.55. The van der Waals surface area contributed by atoms with Gasteiger partial charge in [0.1, 0.15) is 5.54 Å². The molecule has 5 rings (SSSR count). The van der Waals surface area contributed by atoms with Crippen molar-refractivity contribution in [2.24, 2.45) is 5.41 Å². The summed E-state index contributed by atoms with van der Waals surface area (Å²) in [6.07, 6.45) is 8.41. The number of hydrogen-bond donors (Lipinski definition) is 0. The fourth-order valence-electron chi connectivity index (χ4n) is 5.45. The molecule has 3 heterocycles. The normalized spacial score (nSPS) is 33.5. The number of anilines is 1. The number of amides is 1. The van der Waals surface area contributed by atoms with Crippen LogP contribution in [0.2, 0.25) is 0 Å². The Morgan fingerprint density at radius 3 is 2.70 bits per heavy atom. The molecule has 1 amide bonds. The number of carbonyl (C=O) groups excluding carboxylic acids is 1. The van der Waals surface area contributed by atoms with Gasteiger partial charge in [0.2, 0.25) is 5.91 Å². The SMILES string of the molecule is CC1(C)C(=O)N(C2CC(C#N)(N3CCCC4(CC4)C3)C2)c2cc(Br)cnc21. The Bertz CT molecular complexity index is 863. The molecule has 142 valence electrons. The molecule has 1 aromatic heterocycles. The van der Waals surface area contributed by atoms with E-state index in [0.29, 0.717) is 5.41 Å². The van der Waals surface area contributed by atoms with Gasteiger partial charge in [0, 0.05) is 36.1 Å². The van der Waals surface area contributed by atoms with Crippen LogP contribution in [0.15, 0.2) is 16.7 Å². The number of aromatic nitrogens is 1. The predicted molar refractivity (Wildman–Crippen MR) is 106 cm³/mol. The van der Waals surface area contributed by atoms with Gasteiger partial charge < -0.3 is 4.90 Å². The van der Waals surface area contributed by atoms with E-state index in [1.807, 2.05) is 24.8 Å². The van der Waals surface area contributed by atoms with Gasteiger partial charge in [-0.05, 0) is 73.5 Å². The fraction of sp³-hybridized carbons (Fsp3) is 0.667. The van der Waals surface area contributed by atoms with Crippen LogP contribution in [0.25, 0.3) is 0 Å². The maximum absolute atomic E-state index is 13.2. The highest BCUT2D eigenvalue weighted by Crippen LogP contribution is 2.56. The van der Waals surface area contributed by atoms with Gasteiger partial charge in [0.05, 0.1) is 22.9 Å². The van der Waals surface area contributed by atoms with Gasteiger partial charge >= 0.3 is 0 Å². The van der Waals surface area contributed by atoms with Crippen molar-refractivity contribution in [3.8, 4) is 6.07 Å². The van der Waals surface area contributed by atoms with E-state index >= 15 is 0 Å². The van der Waals surface area contributed by atoms with Crippen LogP contribution in [0.4, 0.5) is 5.69 Å². The molecule has 6 heteroatoms. The number of pyridine rings is 1. The molecule has 2 saturated carbocycles. The number of nitrogens with zero attached hydrogens (tertiary/aromatic N) is 4. The van der Waals surface area contributed by atoms with Crippen molar-refractivity contribution >= 4 is 27.5 Å². The fourth-order valence-corrected chi connectivity index (χ4v) is 5.77. The molecule has 0 atom stereocenters. The lowest BCUT2D eigenvalue weighted by Crippen LogP contribution is -2.65. The minimum atomic E-state index is -0.607. The number of carbonyl (C=O) groups is 1. The maximum atomic E-state index is 13.2. The molecule has 5 nitrogen and oxygen atoms in total. The number of nitriles is 1. The number of rotatable bonds is 2. The Kier molecular flexibility index (Phi) is 3.62. The number of halogens is 1. The van der Waals surface area contributed by atoms with E-state index in [9.17, 15) is 10.1 Å². The zero-order valence-corrected chi connectivity index (χ0v) is 17.5. The summed E-state index contributed by atoms with van der Waals surface area (Å²) in [6, 6.07) is 4.73. The van der Waals surface area contributed by atoms with Crippen LogP contribution < -0.4 is 4.90 Å². The topological polar surface area (TPSA) is 60.2 Å². The highest BCUT2D eigenvalue weighted by molar-refractivity contribution is 9.10. The van der Waals surface area contributed by atoms with E-state index < -0.39 is 11.0 Å². The van der Waals surface area contributed by atoms with Crippen molar-refractivity contribution in [2.45, 2.75) is 69.4 Å². The molecule has 0 bridgehead atoms. The quantitative estimate of drug-likeness (QED) is 0.718. The summed E-state index contributed by atoms with van der Waals surface area (Å²) in [6.45, 7) is 5.99. The van der Waals surface area contributed by atoms with E-state index in [1.54, 1.807) is 6.20 Å². The first-order valence-corrected chi connectivity index (χ1v) is 10.8. The van der Waals surface area contributed by atoms with Crippen LogP contribution in [0.1, 0.15) is 58.1 Å². The summed E-state index contributed by atoms with van der Waals surface area (Å²) < 4.78 is 0.884. The van der Waals surface area contributed by atoms with Crippen LogP contribution >= 0.6 is 15.9 Å². The lowest BCUT2D eigenvalue weighted by Gasteiger charge is -2.54.